The van der Waals surface area contributed by atoms with Crippen molar-refractivity contribution in [1.82, 2.24) is 27.4 Å². The van der Waals surface area contributed by atoms with Crippen LogP contribution in [0.4, 0.5) is 0 Å². The third-order valence-corrected chi connectivity index (χ3v) is 29.6. The van der Waals surface area contributed by atoms with Gasteiger partial charge in [-0.15, -0.1) is 0 Å². The molecule has 0 aliphatic carbocycles. The van der Waals surface area contributed by atoms with Crippen LogP contribution < -0.4 is 0 Å². The van der Waals surface area contributed by atoms with E-state index in [-0.39, 0.29) is 0 Å². The number of benzene rings is 24. The van der Waals surface area contributed by atoms with Gasteiger partial charge >= 0.3 is 0 Å². The molecule has 6 heterocycles. The Labute approximate surface area is 831 Å². The Balaban J connectivity index is 0.000000105. The Morgan fingerprint density at radius 2 is 0.312 bits per heavy atom. The molecule has 30 rings (SSSR count). The van der Waals surface area contributed by atoms with Crippen LogP contribution in [-0.2, 0) is 0 Å². The van der Waals surface area contributed by atoms with Crippen LogP contribution in [0.25, 0.3) is 264 Å². The van der Waals surface area contributed by atoms with Crippen LogP contribution >= 0.6 is 0 Å². The summed E-state index contributed by atoms with van der Waals surface area (Å²) in [7, 11) is 0. The van der Waals surface area contributed by atoms with E-state index in [1.807, 2.05) is 0 Å². The van der Waals surface area contributed by atoms with Gasteiger partial charge in [-0.1, -0.05) is 388 Å². The van der Waals surface area contributed by atoms with E-state index in [4.69, 9.17) is 0 Å². The molecule has 0 amide bonds. The number of hydrogen-bond donors (Lipinski definition) is 0. The molecule has 30 aromatic rings. The molecule has 0 atom stereocenters. The Kier molecular flexibility index (Phi) is 19.9. The first-order chi connectivity index (χ1) is 71.5. The summed E-state index contributed by atoms with van der Waals surface area (Å²) in [4.78, 5) is 0. The monoisotopic (exact) mass is 1830 g/mol. The highest BCUT2D eigenvalue weighted by molar-refractivity contribution is 6.32. The fraction of sp³-hybridized carbons (Fsp3) is 0. The summed E-state index contributed by atoms with van der Waals surface area (Å²) in [5.74, 6) is 0. The molecule has 0 bridgehead atoms. The Morgan fingerprint density at radius 1 is 0.0972 bits per heavy atom. The summed E-state index contributed by atoms with van der Waals surface area (Å²) in [5.41, 5.74) is 36.1. The lowest BCUT2D eigenvalue weighted by Crippen LogP contribution is -1.96. The SMILES string of the molecule is c1ccc(-c2cc(-c3ccccc3)cc(-n3c4ccccc4c4c5c6ccccc6n(-c6ccc7ccccc7c6)c5ccc43)c2)cc1.c1ccc(-c2cccc(-c3cccc(-n4c5ccccc5c5c6c7ccccc7n(-c7ccc8ccccc8c7)c6ccc54)c3)c2)cc1.c1ccc(-c2cccc(-c3cccc(-n4c5ccccc5c5c6c7ccccc7n(-c7cccc8ccccc78)c6ccc54)c3)c2)cc1. The van der Waals surface area contributed by atoms with Gasteiger partial charge in [-0.2, -0.15) is 0 Å². The molecule has 0 radical (unpaired) electrons. The number of fused-ring (bicyclic) bond motifs is 24. The first kappa shape index (κ1) is 83.1. The van der Waals surface area contributed by atoms with Crippen molar-refractivity contribution in [3.8, 4) is 101 Å². The van der Waals surface area contributed by atoms with Crippen molar-refractivity contribution in [3.05, 3.63) is 546 Å². The first-order valence-corrected chi connectivity index (χ1v) is 49.6. The fourth-order valence-corrected chi connectivity index (χ4v) is 23.2. The Morgan fingerprint density at radius 3 is 0.660 bits per heavy atom. The predicted molar refractivity (Wildman–Crippen MR) is 610 cm³/mol. The second-order valence-corrected chi connectivity index (χ2v) is 37.7. The second kappa shape index (κ2) is 34.5. The van der Waals surface area contributed by atoms with Gasteiger partial charge in [0, 0.05) is 98.5 Å². The molecule has 0 aliphatic rings. The molecule has 6 nitrogen and oxygen atoms in total. The van der Waals surface area contributed by atoms with Gasteiger partial charge in [-0.25, -0.2) is 0 Å². The highest BCUT2D eigenvalue weighted by atomic mass is 15.0. The third-order valence-electron chi connectivity index (χ3n) is 29.6. The van der Waals surface area contributed by atoms with Crippen molar-refractivity contribution < 1.29 is 0 Å². The van der Waals surface area contributed by atoms with Crippen molar-refractivity contribution in [3.63, 3.8) is 0 Å². The molecule has 0 spiro atoms. The van der Waals surface area contributed by atoms with Crippen LogP contribution in [0, 0.1) is 0 Å². The lowest BCUT2D eigenvalue weighted by molar-refractivity contribution is 1.17. The number of hydrogen-bond acceptors (Lipinski definition) is 0. The molecule has 6 aromatic heterocycles. The molecule has 24 aromatic carbocycles. The summed E-state index contributed by atoms with van der Waals surface area (Å²) in [6.45, 7) is 0. The number of aromatic nitrogens is 6. The molecule has 0 saturated heterocycles. The normalized spacial score (nSPS) is 11.8. The van der Waals surface area contributed by atoms with Crippen molar-refractivity contribution in [2.45, 2.75) is 0 Å². The summed E-state index contributed by atoms with van der Waals surface area (Å²) >= 11 is 0. The maximum atomic E-state index is 2.46. The van der Waals surface area contributed by atoms with Gasteiger partial charge in [-0.05, 0) is 251 Å². The molecule has 6 heteroatoms. The van der Waals surface area contributed by atoms with E-state index in [0.29, 0.717) is 0 Å². The summed E-state index contributed by atoms with van der Waals surface area (Å²) < 4.78 is 14.7. The van der Waals surface area contributed by atoms with E-state index in [2.05, 4.69) is 573 Å². The maximum Gasteiger partial charge on any atom is 0.0549 e. The van der Waals surface area contributed by atoms with Gasteiger partial charge in [0.1, 0.15) is 0 Å². The van der Waals surface area contributed by atoms with E-state index < -0.39 is 0 Å². The smallest absolute Gasteiger partial charge is 0.0549 e. The van der Waals surface area contributed by atoms with Gasteiger partial charge in [0.25, 0.3) is 0 Å². The average Bonchev–Trinajstić information content (AvgIpc) is 1.55. The van der Waals surface area contributed by atoms with Crippen LogP contribution in [0.15, 0.2) is 546 Å². The van der Waals surface area contributed by atoms with E-state index in [1.165, 1.54) is 247 Å². The number of nitrogens with zero attached hydrogens (tertiary/aromatic N) is 6. The Bertz CT molecular complexity index is 10300. The van der Waals surface area contributed by atoms with Gasteiger partial charge in [0.2, 0.25) is 0 Å². The zero-order valence-corrected chi connectivity index (χ0v) is 78.6. The lowest BCUT2D eigenvalue weighted by atomic mass is 9.98. The lowest BCUT2D eigenvalue weighted by Gasteiger charge is -2.14. The zero-order chi connectivity index (χ0) is 94.8. The third kappa shape index (κ3) is 13.9. The van der Waals surface area contributed by atoms with E-state index in [0.717, 1.165) is 17.1 Å². The van der Waals surface area contributed by atoms with E-state index >= 15 is 0 Å². The quantitative estimate of drug-likeness (QED) is 0.117. The van der Waals surface area contributed by atoms with Crippen molar-refractivity contribution >= 4 is 163 Å². The van der Waals surface area contributed by atoms with Crippen LogP contribution in [0.5, 0.6) is 0 Å². The largest absolute Gasteiger partial charge is 0.309 e. The van der Waals surface area contributed by atoms with E-state index in [9.17, 15) is 0 Å². The standard InChI is InChI=1S/3C46H30N2/c1-3-13-31(14-4-1)35-27-36(32-15-5-2-6-16-32)30-38(29-35)48-42-22-12-10-20-40(42)46-44(48)26-25-43-45(46)39-19-9-11-21-41(39)47(43)37-24-23-33-17-7-8-18-34(33)28-37;1-2-13-31(14-3-1)33-17-10-18-34(29-33)35-19-11-20-36(30-35)47-41-24-8-6-22-38(41)45-43(47)27-28-44-46(45)39-23-7-9-25-42(39)48(44)40-26-12-16-32-15-4-5-21-37(32)40;1-2-12-31(13-3-1)33-16-10-17-34(28-33)36-18-11-19-37(30-36)47-41-22-8-6-20-39(41)45-43(47)26-27-44-46(45)40-21-7-9-23-42(40)48(44)38-25-24-32-14-4-5-15-35(32)29-38/h3*1-30H. The summed E-state index contributed by atoms with van der Waals surface area (Å²) in [6.07, 6.45) is 0. The molecule has 0 unspecified atom stereocenters. The van der Waals surface area contributed by atoms with Crippen molar-refractivity contribution in [1.29, 1.82) is 0 Å². The minimum atomic E-state index is 1.15. The minimum Gasteiger partial charge on any atom is -0.309 e. The summed E-state index contributed by atoms with van der Waals surface area (Å²) in [5, 5.41) is 22.8. The van der Waals surface area contributed by atoms with Crippen molar-refractivity contribution in [2.24, 2.45) is 0 Å². The molecular formula is C138H90N6. The van der Waals surface area contributed by atoms with Crippen LogP contribution in [0.3, 0.4) is 0 Å². The minimum absolute atomic E-state index is 1.15. The molecule has 672 valence electrons. The first-order valence-electron chi connectivity index (χ1n) is 49.6. The van der Waals surface area contributed by atoms with E-state index in [1.54, 1.807) is 0 Å². The van der Waals surface area contributed by atoms with Crippen LogP contribution in [-0.4, -0.2) is 27.4 Å². The highest BCUT2D eigenvalue weighted by Gasteiger charge is 2.27. The van der Waals surface area contributed by atoms with Gasteiger partial charge in [-0.3, -0.25) is 0 Å². The average molecular weight is 1830 g/mol. The fourth-order valence-electron chi connectivity index (χ4n) is 23.2. The Hall–Kier alpha value is -19.1. The second-order valence-electron chi connectivity index (χ2n) is 37.7. The predicted octanol–water partition coefficient (Wildman–Crippen LogP) is 37.1. The highest BCUT2D eigenvalue weighted by Crippen LogP contribution is 2.49. The van der Waals surface area contributed by atoms with Crippen molar-refractivity contribution in [2.75, 3.05) is 0 Å². The van der Waals surface area contributed by atoms with Gasteiger partial charge in [0.05, 0.1) is 71.9 Å². The van der Waals surface area contributed by atoms with Crippen LogP contribution in [0.2, 0.25) is 0 Å². The topological polar surface area (TPSA) is 29.6 Å². The molecule has 144 heavy (non-hydrogen) atoms. The van der Waals surface area contributed by atoms with Crippen LogP contribution in [0.1, 0.15) is 0 Å². The summed E-state index contributed by atoms with van der Waals surface area (Å²) in [6, 6.07) is 199. The number of para-hydroxylation sites is 6. The maximum absolute atomic E-state index is 2.46. The van der Waals surface area contributed by atoms with Gasteiger partial charge < -0.3 is 27.4 Å². The van der Waals surface area contributed by atoms with Gasteiger partial charge in [0.15, 0.2) is 0 Å². The number of rotatable bonds is 12. The molecule has 0 fully saturated rings. The molecule has 0 N–H and O–H groups in total. The molecule has 0 saturated carbocycles. The molecule has 0 aliphatic heterocycles. The molecular weight excluding hydrogens is 1740 g/mol. The zero-order valence-electron chi connectivity index (χ0n) is 78.6.